The van der Waals surface area contributed by atoms with Gasteiger partial charge in [0, 0.05) is 16.8 Å². The molecule has 6 heteroatoms. The number of benzene rings is 2. The van der Waals surface area contributed by atoms with Gasteiger partial charge in [-0.2, -0.15) is 0 Å². The largest absolute Gasteiger partial charge is 0.465 e. The number of carbonyl (C=O) groups excluding carboxylic acids is 3. The summed E-state index contributed by atoms with van der Waals surface area (Å²) in [7, 11) is 1.29. The Kier molecular flexibility index (Phi) is 4.53. The second kappa shape index (κ2) is 6.53. The number of rotatable bonds is 4. The third kappa shape index (κ3) is 3.49. The number of primary amides is 1. The fourth-order valence-electron chi connectivity index (χ4n) is 1.80. The van der Waals surface area contributed by atoms with E-state index in [0.29, 0.717) is 22.4 Å². The molecule has 2 rings (SSSR count). The Morgan fingerprint density at radius 3 is 1.86 bits per heavy atom. The van der Waals surface area contributed by atoms with Crippen LogP contribution in [-0.2, 0) is 4.74 Å². The lowest BCUT2D eigenvalue weighted by molar-refractivity contribution is 0.0600. The Morgan fingerprint density at radius 2 is 1.36 bits per heavy atom. The van der Waals surface area contributed by atoms with E-state index in [2.05, 4.69) is 10.1 Å². The summed E-state index contributed by atoms with van der Waals surface area (Å²) in [6.07, 6.45) is 0. The number of hydrogen-bond donors (Lipinski definition) is 2. The van der Waals surface area contributed by atoms with Crippen LogP contribution in [0.4, 0.5) is 5.69 Å². The molecule has 3 N–H and O–H groups in total. The lowest BCUT2D eigenvalue weighted by Crippen LogP contribution is -2.13. The second-order valence-electron chi connectivity index (χ2n) is 4.46. The fraction of sp³-hybridized carbons (Fsp3) is 0.0625. The number of methoxy groups -OCH3 is 1. The Bertz CT molecular complexity index is 706. The summed E-state index contributed by atoms with van der Waals surface area (Å²) in [6.45, 7) is 0. The molecule has 0 aromatic heterocycles. The van der Waals surface area contributed by atoms with Crippen LogP contribution in [-0.4, -0.2) is 24.9 Å². The van der Waals surface area contributed by atoms with E-state index >= 15 is 0 Å². The van der Waals surface area contributed by atoms with Gasteiger partial charge in [-0.05, 0) is 48.5 Å². The van der Waals surface area contributed by atoms with E-state index in [1.54, 1.807) is 12.1 Å². The molecule has 2 amide bonds. The molecule has 0 saturated heterocycles. The molecule has 0 spiro atoms. The van der Waals surface area contributed by atoms with Crippen molar-refractivity contribution in [1.82, 2.24) is 0 Å². The van der Waals surface area contributed by atoms with Gasteiger partial charge in [-0.15, -0.1) is 0 Å². The van der Waals surface area contributed by atoms with Gasteiger partial charge >= 0.3 is 5.97 Å². The molecule has 22 heavy (non-hydrogen) atoms. The molecule has 0 aliphatic rings. The van der Waals surface area contributed by atoms with Crippen molar-refractivity contribution in [3.8, 4) is 0 Å². The van der Waals surface area contributed by atoms with Crippen molar-refractivity contribution in [2.75, 3.05) is 12.4 Å². The number of amides is 2. The maximum Gasteiger partial charge on any atom is 0.337 e. The summed E-state index contributed by atoms with van der Waals surface area (Å²) in [6, 6.07) is 12.3. The van der Waals surface area contributed by atoms with E-state index in [0.717, 1.165) is 0 Å². The van der Waals surface area contributed by atoms with Crippen LogP contribution in [0, 0.1) is 0 Å². The highest BCUT2D eigenvalue weighted by Gasteiger charge is 2.09. The van der Waals surface area contributed by atoms with Crippen molar-refractivity contribution < 1.29 is 19.1 Å². The van der Waals surface area contributed by atoms with Gasteiger partial charge in [0.15, 0.2) is 0 Å². The molecule has 0 unspecified atom stereocenters. The maximum absolute atomic E-state index is 12.1. The minimum atomic E-state index is -0.531. The van der Waals surface area contributed by atoms with Crippen molar-refractivity contribution in [2.24, 2.45) is 5.73 Å². The van der Waals surface area contributed by atoms with Crippen molar-refractivity contribution in [3.05, 3.63) is 65.2 Å². The Balaban J connectivity index is 2.08. The van der Waals surface area contributed by atoms with Crippen LogP contribution < -0.4 is 11.1 Å². The molecule has 112 valence electrons. The molecule has 0 atom stereocenters. The third-order valence-electron chi connectivity index (χ3n) is 3.00. The molecule has 0 bridgehead atoms. The number of anilines is 1. The quantitative estimate of drug-likeness (QED) is 0.841. The lowest BCUT2D eigenvalue weighted by Gasteiger charge is -2.06. The Labute approximate surface area is 126 Å². The summed E-state index contributed by atoms with van der Waals surface area (Å²) in [4.78, 5) is 34.3. The molecule has 0 fully saturated rings. The van der Waals surface area contributed by atoms with Gasteiger partial charge in [0.25, 0.3) is 5.91 Å². The monoisotopic (exact) mass is 298 g/mol. The number of nitrogens with one attached hydrogen (secondary N) is 1. The number of nitrogens with two attached hydrogens (primary N) is 1. The number of carbonyl (C=O) groups is 3. The van der Waals surface area contributed by atoms with E-state index in [-0.39, 0.29) is 5.91 Å². The van der Waals surface area contributed by atoms with Crippen LogP contribution in [0.5, 0.6) is 0 Å². The number of hydrogen-bond acceptors (Lipinski definition) is 4. The SMILES string of the molecule is COC(=O)c1ccc(C(=O)Nc2ccc(C(N)=O)cc2)cc1. The second-order valence-corrected chi connectivity index (χ2v) is 4.46. The van der Waals surface area contributed by atoms with Crippen molar-refractivity contribution in [1.29, 1.82) is 0 Å². The molecule has 0 radical (unpaired) electrons. The van der Waals surface area contributed by atoms with Gasteiger partial charge in [0.2, 0.25) is 5.91 Å². The van der Waals surface area contributed by atoms with E-state index < -0.39 is 11.9 Å². The van der Waals surface area contributed by atoms with Gasteiger partial charge in [-0.1, -0.05) is 0 Å². The predicted octanol–water partition coefficient (Wildman–Crippen LogP) is 1.82. The van der Waals surface area contributed by atoms with Crippen LogP contribution in [0.3, 0.4) is 0 Å². The first-order valence-corrected chi connectivity index (χ1v) is 6.41. The Hall–Kier alpha value is -3.15. The average molecular weight is 298 g/mol. The lowest BCUT2D eigenvalue weighted by atomic mass is 10.1. The first kappa shape index (κ1) is 15.2. The highest BCUT2D eigenvalue weighted by Crippen LogP contribution is 2.12. The van der Waals surface area contributed by atoms with Crippen molar-refractivity contribution in [3.63, 3.8) is 0 Å². The highest BCUT2D eigenvalue weighted by atomic mass is 16.5. The Morgan fingerprint density at radius 1 is 0.864 bits per heavy atom. The average Bonchev–Trinajstić information content (AvgIpc) is 2.54. The topological polar surface area (TPSA) is 98.5 Å². The van der Waals surface area contributed by atoms with Crippen LogP contribution in [0.15, 0.2) is 48.5 Å². The van der Waals surface area contributed by atoms with Crippen molar-refractivity contribution >= 4 is 23.5 Å². The van der Waals surface area contributed by atoms with Gasteiger partial charge in [0.1, 0.15) is 0 Å². The zero-order valence-electron chi connectivity index (χ0n) is 11.8. The smallest absolute Gasteiger partial charge is 0.337 e. The molecule has 6 nitrogen and oxygen atoms in total. The van der Waals surface area contributed by atoms with Gasteiger partial charge < -0.3 is 15.8 Å². The summed E-state index contributed by atoms with van der Waals surface area (Å²) in [5.41, 5.74) is 6.80. The van der Waals surface area contributed by atoms with E-state index in [1.807, 2.05) is 0 Å². The predicted molar refractivity (Wildman–Crippen MR) is 80.7 cm³/mol. The number of esters is 1. The molecule has 0 aliphatic carbocycles. The van der Waals surface area contributed by atoms with E-state index in [1.165, 1.54) is 43.5 Å². The molecule has 0 aliphatic heterocycles. The minimum Gasteiger partial charge on any atom is -0.465 e. The summed E-state index contributed by atoms with van der Waals surface area (Å²) in [5.74, 6) is -1.33. The standard InChI is InChI=1S/C16H14N2O4/c1-22-16(21)12-4-2-11(3-5-12)15(20)18-13-8-6-10(7-9-13)14(17)19/h2-9H,1H3,(H2,17,19)(H,18,20). The van der Waals surface area contributed by atoms with Crippen LogP contribution in [0.25, 0.3) is 0 Å². The minimum absolute atomic E-state index is 0.330. The summed E-state index contributed by atoms with van der Waals surface area (Å²) in [5, 5.41) is 2.68. The zero-order valence-corrected chi connectivity index (χ0v) is 11.8. The van der Waals surface area contributed by atoms with Gasteiger partial charge in [-0.3, -0.25) is 9.59 Å². The fourth-order valence-corrected chi connectivity index (χ4v) is 1.80. The highest BCUT2D eigenvalue weighted by molar-refractivity contribution is 6.05. The van der Waals surface area contributed by atoms with E-state index in [4.69, 9.17) is 5.73 Å². The zero-order chi connectivity index (χ0) is 16.1. The van der Waals surface area contributed by atoms with Crippen LogP contribution >= 0.6 is 0 Å². The normalized spacial score (nSPS) is 9.86. The molecule has 0 saturated carbocycles. The first-order chi connectivity index (χ1) is 10.5. The van der Waals surface area contributed by atoms with Crippen molar-refractivity contribution in [2.45, 2.75) is 0 Å². The number of ether oxygens (including phenoxy) is 1. The van der Waals surface area contributed by atoms with Crippen LogP contribution in [0.2, 0.25) is 0 Å². The van der Waals surface area contributed by atoms with E-state index in [9.17, 15) is 14.4 Å². The molecule has 2 aromatic carbocycles. The molecule has 0 heterocycles. The first-order valence-electron chi connectivity index (χ1n) is 6.41. The summed E-state index contributed by atoms with van der Waals surface area (Å²) < 4.78 is 4.59. The molecular weight excluding hydrogens is 284 g/mol. The third-order valence-corrected chi connectivity index (χ3v) is 3.00. The summed E-state index contributed by atoms with van der Waals surface area (Å²) >= 11 is 0. The van der Waals surface area contributed by atoms with Crippen LogP contribution in [0.1, 0.15) is 31.1 Å². The maximum atomic E-state index is 12.1. The molecule has 2 aromatic rings. The molecular formula is C16H14N2O4. The van der Waals surface area contributed by atoms with Gasteiger partial charge in [-0.25, -0.2) is 4.79 Å². The van der Waals surface area contributed by atoms with Gasteiger partial charge in [0.05, 0.1) is 12.7 Å².